The Hall–Kier alpha value is -4.85. The van der Waals surface area contributed by atoms with Gasteiger partial charge in [0.1, 0.15) is 18.0 Å². The molecule has 8 nitrogen and oxygen atoms in total. The maximum Gasteiger partial charge on any atom is 0.329 e. The molecule has 37 heavy (non-hydrogen) atoms. The number of nitrogens with zero attached hydrogens (tertiary/aromatic N) is 2. The Kier molecular flexibility index (Phi) is 6.47. The zero-order valence-electron chi connectivity index (χ0n) is 20.5. The SMILES string of the molecule is COc1ccccc1NC(=O)CN1C(=O)N/C(=C/c2c(C)n(Cc3ccccc3)c3ccccc23)C1=O. The maximum absolute atomic E-state index is 13.1. The molecule has 1 saturated heterocycles. The highest BCUT2D eigenvalue weighted by atomic mass is 16.5. The molecule has 2 heterocycles. The summed E-state index contributed by atoms with van der Waals surface area (Å²) in [5, 5.41) is 6.29. The van der Waals surface area contributed by atoms with Crippen LogP contribution in [-0.2, 0) is 16.1 Å². The van der Waals surface area contributed by atoms with Crippen LogP contribution in [0.15, 0.2) is 84.6 Å². The molecule has 0 aliphatic carbocycles. The van der Waals surface area contributed by atoms with Crippen LogP contribution in [0.4, 0.5) is 10.5 Å². The predicted molar refractivity (Wildman–Crippen MR) is 142 cm³/mol. The third-order valence-corrected chi connectivity index (χ3v) is 6.40. The molecule has 1 fully saturated rings. The Bertz CT molecular complexity index is 1540. The molecule has 8 heteroatoms. The van der Waals surface area contributed by atoms with Crippen molar-refractivity contribution in [3.63, 3.8) is 0 Å². The molecule has 0 radical (unpaired) electrons. The van der Waals surface area contributed by atoms with Crippen molar-refractivity contribution in [1.82, 2.24) is 14.8 Å². The Morgan fingerprint density at radius 2 is 1.68 bits per heavy atom. The molecule has 0 spiro atoms. The minimum Gasteiger partial charge on any atom is -0.495 e. The number of ether oxygens (including phenoxy) is 1. The highest BCUT2D eigenvalue weighted by Crippen LogP contribution is 2.29. The number of imide groups is 1. The number of fused-ring (bicyclic) bond motifs is 1. The first-order valence-corrected chi connectivity index (χ1v) is 11.9. The first-order chi connectivity index (χ1) is 18.0. The van der Waals surface area contributed by atoms with Crippen molar-refractivity contribution in [2.75, 3.05) is 19.0 Å². The van der Waals surface area contributed by atoms with Gasteiger partial charge in [0.15, 0.2) is 0 Å². The molecule has 1 aliphatic heterocycles. The molecule has 4 amide bonds. The summed E-state index contributed by atoms with van der Waals surface area (Å²) < 4.78 is 7.43. The van der Waals surface area contributed by atoms with E-state index in [1.54, 1.807) is 30.3 Å². The number of amides is 4. The van der Waals surface area contributed by atoms with Crippen LogP contribution in [0.2, 0.25) is 0 Å². The van der Waals surface area contributed by atoms with Crippen molar-refractivity contribution < 1.29 is 19.1 Å². The largest absolute Gasteiger partial charge is 0.495 e. The quantitative estimate of drug-likeness (QED) is 0.292. The maximum atomic E-state index is 13.1. The van der Waals surface area contributed by atoms with Crippen LogP contribution in [0.1, 0.15) is 16.8 Å². The summed E-state index contributed by atoms with van der Waals surface area (Å²) in [6.45, 7) is 2.25. The zero-order chi connectivity index (χ0) is 25.9. The van der Waals surface area contributed by atoms with Crippen LogP contribution in [0.3, 0.4) is 0 Å². The second-order valence-electron chi connectivity index (χ2n) is 8.72. The van der Waals surface area contributed by atoms with E-state index >= 15 is 0 Å². The Balaban J connectivity index is 1.41. The van der Waals surface area contributed by atoms with Crippen LogP contribution in [0, 0.1) is 6.92 Å². The first-order valence-electron chi connectivity index (χ1n) is 11.9. The number of aromatic nitrogens is 1. The molecule has 3 aromatic carbocycles. The highest BCUT2D eigenvalue weighted by molar-refractivity contribution is 6.16. The van der Waals surface area contributed by atoms with Gasteiger partial charge in [0.05, 0.1) is 12.8 Å². The fraction of sp³-hybridized carbons (Fsp3) is 0.138. The minimum atomic E-state index is -0.642. The molecule has 186 valence electrons. The number of benzene rings is 3. The molecular formula is C29H26N4O4. The normalized spacial score (nSPS) is 14.3. The van der Waals surface area contributed by atoms with E-state index in [2.05, 4.69) is 27.3 Å². The van der Waals surface area contributed by atoms with Crippen LogP contribution >= 0.6 is 0 Å². The number of urea groups is 1. The summed E-state index contributed by atoms with van der Waals surface area (Å²) in [4.78, 5) is 39.3. The minimum absolute atomic E-state index is 0.126. The Morgan fingerprint density at radius 3 is 2.46 bits per heavy atom. The van der Waals surface area contributed by atoms with Crippen LogP contribution in [0.5, 0.6) is 5.75 Å². The van der Waals surface area contributed by atoms with Gasteiger partial charge >= 0.3 is 6.03 Å². The lowest BCUT2D eigenvalue weighted by molar-refractivity contribution is -0.127. The standard InChI is InChI=1S/C29H26N4O4/c1-19-22(21-12-6-8-14-25(21)32(19)17-20-10-4-3-5-11-20)16-24-28(35)33(29(36)31-24)18-27(34)30-23-13-7-9-15-26(23)37-2/h3-16H,17-18H2,1-2H3,(H,30,34)(H,31,36)/b24-16+. The second-order valence-corrected chi connectivity index (χ2v) is 8.72. The van der Waals surface area contributed by atoms with Gasteiger partial charge in [0, 0.05) is 28.7 Å². The number of anilines is 1. The molecule has 0 atom stereocenters. The summed E-state index contributed by atoms with van der Waals surface area (Å²) in [7, 11) is 1.50. The third-order valence-electron chi connectivity index (χ3n) is 6.40. The topological polar surface area (TPSA) is 92.7 Å². The monoisotopic (exact) mass is 494 g/mol. The predicted octanol–water partition coefficient (Wildman–Crippen LogP) is 4.54. The van der Waals surface area contributed by atoms with Crippen molar-refractivity contribution in [3.8, 4) is 5.75 Å². The van der Waals surface area contributed by atoms with Gasteiger partial charge in [-0.15, -0.1) is 0 Å². The summed E-state index contributed by atoms with van der Waals surface area (Å²) in [6.07, 6.45) is 1.69. The first kappa shape index (κ1) is 23.9. The van der Waals surface area contributed by atoms with E-state index in [0.717, 1.165) is 32.6 Å². The van der Waals surface area contributed by atoms with Crippen molar-refractivity contribution in [3.05, 3.63) is 101 Å². The molecule has 0 saturated carbocycles. The number of rotatable bonds is 7. The number of nitrogens with one attached hydrogen (secondary N) is 2. The van der Waals surface area contributed by atoms with Gasteiger partial charge in [-0.25, -0.2) is 9.69 Å². The van der Waals surface area contributed by atoms with Gasteiger partial charge in [-0.05, 0) is 36.8 Å². The lowest BCUT2D eigenvalue weighted by Gasteiger charge is -2.13. The molecule has 1 aromatic heterocycles. The van der Waals surface area contributed by atoms with Gasteiger partial charge in [-0.3, -0.25) is 9.59 Å². The number of hydrogen-bond acceptors (Lipinski definition) is 4. The van der Waals surface area contributed by atoms with E-state index in [1.165, 1.54) is 7.11 Å². The van der Waals surface area contributed by atoms with E-state index in [9.17, 15) is 14.4 Å². The molecule has 0 unspecified atom stereocenters. The highest BCUT2D eigenvalue weighted by Gasteiger charge is 2.35. The van der Waals surface area contributed by atoms with E-state index in [0.29, 0.717) is 18.0 Å². The van der Waals surface area contributed by atoms with E-state index < -0.39 is 24.4 Å². The van der Waals surface area contributed by atoms with Gasteiger partial charge < -0.3 is 19.9 Å². The van der Waals surface area contributed by atoms with Crippen LogP contribution in [-0.4, -0.2) is 41.0 Å². The number of carbonyl (C=O) groups is 3. The Labute approximate surface area is 214 Å². The lowest BCUT2D eigenvalue weighted by Crippen LogP contribution is -2.38. The fourth-order valence-corrected chi connectivity index (χ4v) is 4.55. The fourth-order valence-electron chi connectivity index (χ4n) is 4.55. The molecule has 0 bridgehead atoms. The number of hydrogen-bond donors (Lipinski definition) is 2. The number of carbonyl (C=O) groups excluding carboxylic acids is 3. The van der Waals surface area contributed by atoms with Gasteiger partial charge in [-0.2, -0.15) is 0 Å². The summed E-state index contributed by atoms with van der Waals surface area (Å²) in [5.41, 5.74) is 4.58. The van der Waals surface area contributed by atoms with E-state index in [-0.39, 0.29) is 5.70 Å². The van der Waals surface area contributed by atoms with Crippen molar-refractivity contribution in [2.24, 2.45) is 0 Å². The number of methoxy groups -OCH3 is 1. The Morgan fingerprint density at radius 1 is 0.973 bits per heavy atom. The average molecular weight is 495 g/mol. The molecule has 1 aliphatic rings. The van der Waals surface area contributed by atoms with Crippen molar-refractivity contribution in [2.45, 2.75) is 13.5 Å². The molecule has 4 aromatic rings. The summed E-state index contributed by atoms with van der Waals surface area (Å²) in [5.74, 6) is -0.583. The van der Waals surface area contributed by atoms with Crippen LogP contribution < -0.4 is 15.4 Å². The van der Waals surface area contributed by atoms with Crippen LogP contribution in [0.25, 0.3) is 17.0 Å². The zero-order valence-corrected chi connectivity index (χ0v) is 20.5. The van der Waals surface area contributed by atoms with Gasteiger partial charge in [0.25, 0.3) is 5.91 Å². The average Bonchev–Trinajstić information content (AvgIpc) is 3.32. The van der Waals surface area contributed by atoms with E-state index in [1.807, 2.05) is 49.4 Å². The molecule has 2 N–H and O–H groups in total. The summed E-state index contributed by atoms with van der Waals surface area (Å²) >= 11 is 0. The van der Waals surface area contributed by atoms with Crippen molar-refractivity contribution in [1.29, 1.82) is 0 Å². The van der Waals surface area contributed by atoms with Gasteiger partial charge in [0.2, 0.25) is 5.91 Å². The molecular weight excluding hydrogens is 468 g/mol. The summed E-state index contributed by atoms with van der Waals surface area (Å²) in [6, 6.07) is 24.4. The lowest BCUT2D eigenvalue weighted by atomic mass is 10.1. The molecule has 5 rings (SSSR count). The second kappa shape index (κ2) is 10.0. The third kappa shape index (κ3) is 4.69. The van der Waals surface area contributed by atoms with Gasteiger partial charge in [-0.1, -0.05) is 60.7 Å². The number of para-hydroxylation sites is 3. The van der Waals surface area contributed by atoms with E-state index in [4.69, 9.17) is 4.74 Å². The van der Waals surface area contributed by atoms with Crippen molar-refractivity contribution >= 4 is 40.5 Å². The smallest absolute Gasteiger partial charge is 0.329 e.